The lowest BCUT2D eigenvalue weighted by molar-refractivity contribution is -0.665. The number of aryl methyl sites for hydroxylation is 1. The zero-order valence-electron chi connectivity index (χ0n) is 16.4. The number of benzene rings is 2. The third-order valence-corrected chi connectivity index (χ3v) is 8.25. The van der Waals surface area contributed by atoms with Crippen molar-refractivity contribution >= 4 is 90.3 Å². The molecular weight excluding hydrogens is 737 g/mol. The van der Waals surface area contributed by atoms with Gasteiger partial charge in [0.15, 0.2) is 0 Å². The summed E-state index contributed by atoms with van der Waals surface area (Å²) in [4.78, 5) is 3.77. The topological polar surface area (TPSA) is 7.12 Å². The van der Waals surface area contributed by atoms with E-state index in [9.17, 15) is 0 Å². The number of allylic oxidation sites excluding steroid dienone is 2. The Bertz CT molecular complexity index is 1120. The van der Waals surface area contributed by atoms with E-state index in [4.69, 9.17) is 0 Å². The van der Waals surface area contributed by atoms with Crippen molar-refractivity contribution in [1.29, 1.82) is 0 Å². The molecule has 1 aliphatic rings. The van der Waals surface area contributed by atoms with Crippen LogP contribution in [0.15, 0.2) is 58.0 Å². The molecule has 2 nitrogen and oxygen atoms in total. The van der Waals surface area contributed by atoms with Crippen molar-refractivity contribution in [2.24, 2.45) is 0 Å². The van der Waals surface area contributed by atoms with Crippen molar-refractivity contribution in [3.05, 3.63) is 65.2 Å². The number of rotatable bonds is 4. The van der Waals surface area contributed by atoms with Crippen LogP contribution in [0.5, 0.6) is 0 Å². The lowest BCUT2D eigenvalue weighted by atomic mass is 10.2. The van der Waals surface area contributed by atoms with Crippen molar-refractivity contribution in [1.82, 2.24) is 0 Å². The van der Waals surface area contributed by atoms with Gasteiger partial charge in [0, 0.05) is 30.7 Å². The van der Waals surface area contributed by atoms with Gasteiger partial charge < -0.3 is 28.9 Å². The molecule has 0 fully saturated rings. The molecule has 0 saturated carbocycles. The Hall–Kier alpha value is 0.150. The number of hydrogen-bond acceptors (Lipinski definition) is 3. The molecule has 152 valence electrons. The summed E-state index contributed by atoms with van der Waals surface area (Å²) in [7, 11) is 0. The fourth-order valence-corrected chi connectivity index (χ4v) is 7.41. The largest absolute Gasteiger partial charge is 1.00 e. The smallest absolute Gasteiger partial charge is 0.262 e. The summed E-state index contributed by atoms with van der Waals surface area (Å²) in [5.41, 5.74) is 3.94. The van der Waals surface area contributed by atoms with E-state index in [1.165, 1.54) is 43.5 Å². The number of aromatic nitrogens is 1. The van der Waals surface area contributed by atoms with Gasteiger partial charge >= 0.3 is 0 Å². The molecule has 0 bridgehead atoms. The van der Waals surface area contributed by atoms with Crippen LogP contribution in [0.1, 0.15) is 25.8 Å². The Morgan fingerprint density at radius 2 is 1.83 bits per heavy atom. The van der Waals surface area contributed by atoms with Gasteiger partial charge in [0.05, 0.1) is 10.7 Å². The van der Waals surface area contributed by atoms with Gasteiger partial charge in [0.2, 0.25) is 5.52 Å². The monoisotopic (exact) mass is 758 g/mol. The highest BCUT2D eigenvalue weighted by Crippen LogP contribution is 2.46. The average molecular weight is 758 g/mol. The lowest BCUT2D eigenvalue weighted by Gasteiger charge is -2.18. The molecule has 2 heterocycles. The molecule has 0 N–H and O–H groups in total. The van der Waals surface area contributed by atoms with Crippen LogP contribution in [0.25, 0.3) is 16.3 Å². The van der Waals surface area contributed by atoms with Crippen LogP contribution in [0.4, 0.5) is 5.69 Å². The van der Waals surface area contributed by atoms with Crippen molar-refractivity contribution < 1.29 is 28.5 Å². The molecule has 0 aliphatic carbocycles. The second-order valence-corrected chi connectivity index (χ2v) is 11.2. The van der Waals surface area contributed by atoms with Gasteiger partial charge in [-0.1, -0.05) is 23.1 Å². The maximum atomic E-state index is 2.41. The molecule has 1 aromatic heterocycles. The first-order valence-electron chi connectivity index (χ1n) is 9.27. The van der Waals surface area contributed by atoms with Gasteiger partial charge in [-0.25, -0.2) is 0 Å². The Kier molecular flexibility index (Phi) is 8.36. The number of halogens is 3. The minimum absolute atomic E-state index is 0. The number of thioether (sulfide) groups is 1. The van der Waals surface area contributed by atoms with Crippen LogP contribution in [-0.2, 0) is 6.54 Å². The van der Waals surface area contributed by atoms with Crippen LogP contribution >= 0.6 is 68.3 Å². The summed E-state index contributed by atoms with van der Waals surface area (Å²) in [6.45, 7) is 8.62. The summed E-state index contributed by atoms with van der Waals surface area (Å²) in [5, 5.41) is 2.62. The third-order valence-electron chi connectivity index (χ3n) is 4.72. The Labute approximate surface area is 225 Å². The Balaban J connectivity index is 0.00000240. The van der Waals surface area contributed by atoms with E-state index in [0.29, 0.717) is 0 Å². The lowest BCUT2D eigenvalue weighted by Crippen LogP contribution is -3.00. The van der Waals surface area contributed by atoms with Crippen molar-refractivity contribution in [3.8, 4) is 0 Å². The first kappa shape index (κ1) is 23.8. The Morgan fingerprint density at radius 1 is 1.10 bits per heavy atom. The van der Waals surface area contributed by atoms with Gasteiger partial charge in [-0.3, -0.25) is 0 Å². The van der Waals surface area contributed by atoms with E-state index in [2.05, 4.69) is 124 Å². The summed E-state index contributed by atoms with van der Waals surface area (Å²) in [6.07, 6.45) is 4.66. The highest BCUT2D eigenvalue weighted by atomic mass is 127. The molecule has 2 aromatic carbocycles. The SMILES string of the molecule is CCN1/C(=C/C(C)=C/c2sc3cc(I)ccc3[n+]2CC)Sc2cc(I)ccc21.[I-]. The van der Waals surface area contributed by atoms with E-state index < -0.39 is 0 Å². The quantitative estimate of drug-likeness (QED) is 0.290. The predicted molar refractivity (Wildman–Crippen MR) is 140 cm³/mol. The molecule has 0 amide bonds. The number of fused-ring (bicyclic) bond motifs is 2. The van der Waals surface area contributed by atoms with Crippen molar-refractivity contribution in [3.63, 3.8) is 0 Å². The second kappa shape index (κ2) is 10.2. The van der Waals surface area contributed by atoms with Crippen LogP contribution < -0.4 is 33.4 Å². The minimum atomic E-state index is 0. The Morgan fingerprint density at radius 3 is 2.55 bits per heavy atom. The number of hydrogen-bond donors (Lipinski definition) is 0. The minimum Gasteiger partial charge on any atom is -1.00 e. The highest BCUT2D eigenvalue weighted by Gasteiger charge is 2.24. The average Bonchev–Trinajstić information content (AvgIpc) is 3.16. The maximum Gasteiger partial charge on any atom is 0.262 e. The van der Waals surface area contributed by atoms with Gasteiger partial charge in [-0.15, -0.1) is 0 Å². The molecule has 1 aliphatic heterocycles. The highest BCUT2D eigenvalue weighted by molar-refractivity contribution is 14.1. The molecular formula is C22H21I3N2S2. The first-order chi connectivity index (χ1) is 13.5. The third kappa shape index (κ3) is 4.98. The van der Waals surface area contributed by atoms with Crippen molar-refractivity contribution in [2.75, 3.05) is 11.4 Å². The van der Waals surface area contributed by atoms with Gasteiger partial charge in [0.1, 0.15) is 11.2 Å². The summed E-state index contributed by atoms with van der Waals surface area (Å²) < 4.78 is 6.34. The standard InChI is InChI=1S/C22H21I2N2S2.HI/c1-4-25-17-8-6-15(23)12-19(17)27-21(25)10-14(3)11-22-26(5-2)18-9-7-16(24)13-20(18)28-22;/h6-13H,4-5H2,1-3H3;1H/q+1;/p-1. The van der Waals surface area contributed by atoms with Crippen LogP contribution in [0.2, 0.25) is 0 Å². The molecule has 0 unspecified atom stereocenters. The zero-order chi connectivity index (χ0) is 19.8. The van der Waals surface area contributed by atoms with E-state index in [0.717, 1.165) is 13.1 Å². The fourth-order valence-electron chi connectivity index (χ4n) is 3.46. The summed E-state index contributed by atoms with van der Waals surface area (Å²) >= 11 is 8.54. The normalized spacial score (nSPS) is 15.1. The fraction of sp³-hybridized carbons (Fsp3) is 0.227. The maximum absolute atomic E-state index is 2.41. The summed E-state index contributed by atoms with van der Waals surface area (Å²) in [6, 6.07) is 13.4. The van der Waals surface area contributed by atoms with Gasteiger partial charge in [-0.05, 0) is 108 Å². The van der Waals surface area contributed by atoms with E-state index >= 15 is 0 Å². The number of nitrogens with zero attached hydrogens (tertiary/aromatic N) is 2. The predicted octanol–water partition coefficient (Wildman–Crippen LogP) is 4.30. The van der Waals surface area contributed by atoms with Gasteiger partial charge in [0.25, 0.3) is 5.01 Å². The zero-order valence-corrected chi connectivity index (χ0v) is 24.5. The van der Waals surface area contributed by atoms with Crippen LogP contribution in [0.3, 0.4) is 0 Å². The molecule has 0 radical (unpaired) electrons. The molecule has 7 heteroatoms. The molecule has 3 aromatic rings. The number of thiazole rings is 1. The molecule has 0 saturated heterocycles. The van der Waals surface area contributed by atoms with Crippen molar-refractivity contribution in [2.45, 2.75) is 32.2 Å². The molecule has 0 spiro atoms. The summed E-state index contributed by atoms with van der Waals surface area (Å²) in [5.74, 6) is 0. The molecule has 29 heavy (non-hydrogen) atoms. The van der Waals surface area contributed by atoms with Crippen LogP contribution in [-0.4, -0.2) is 6.54 Å². The number of anilines is 1. The van der Waals surface area contributed by atoms with E-state index in [1.54, 1.807) is 0 Å². The second-order valence-electron chi connectivity index (χ2n) is 6.63. The van der Waals surface area contributed by atoms with E-state index in [1.807, 2.05) is 23.1 Å². The van der Waals surface area contributed by atoms with Gasteiger partial charge in [-0.2, -0.15) is 4.57 Å². The molecule has 4 rings (SSSR count). The first-order valence-corrected chi connectivity index (χ1v) is 13.1. The van der Waals surface area contributed by atoms with Crippen LogP contribution in [0, 0.1) is 7.14 Å². The molecule has 0 atom stereocenters. The van der Waals surface area contributed by atoms with E-state index in [-0.39, 0.29) is 24.0 Å².